The Morgan fingerprint density at radius 1 is 1.11 bits per heavy atom. The fraction of sp³-hybridized carbons (Fsp3) is 0.200. The van der Waals surface area contributed by atoms with Crippen LogP contribution in [-0.2, 0) is 6.42 Å². The standard InChI is InChI=1S/C15H13BrCl2/c1-10-2-7-14(16)13(8-10)15(18)9-11-3-5-12(17)6-4-11/h2-8,15H,9H2,1H3. The maximum Gasteiger partial charge on any atom is 0.0636 e. The van der Waals surface area contributed by atoms with Crippen LogP contribution in [0.5, 0.6) is 0 Å². The van der Waals surface area contributed by atoms with Gasteiger partial charge in [-0.3, -0.25) is 0 Å². The largest absolute Gasteiger partial charge is 0.117 e. The minimum atomic E-state index is -0.0412. The highest BCUT2D eigenvalue weighted by atomic mass is 79.9. The molecule has 0 nitrogen and oxygen atoms in total. The first-order valence-corrected chi connectivity index (χ1v) is 7.31. The lowest BCUT2D eigenvalue weighted by Gasteiger charge is -2.13. The van der Waals surface area contributed by atoms with Crippen molar-refractivity contribution in [2.24, 2.45) is 0 Å². The molecule has 1 unspecified atom stereocenters. The van der Waals surface area contributed by atoms with Gasteiger partial charge >= 0.3 is 0 Å². The number of alkyl halides is 1. The SMILES string of the molecule is Cc1ccc(Br)c(C(Cl)Cc2ccc(Cl)cc2)c1. The second kappa shape index (κ2) is 6.10. The van der Waals surface area contributed by atoms with Crippen molar-refractivity contribution in [2.75, 3.05) is 0 Å². The number of rotatable bonds is 3. The van der Waals surface area contributed by atoms with Gasteiger partial charge < -0.3 is 0 Å². The third kappa shape index (κ3) is 3.50. The summed E-state index contributed by atoms with van der Waals surface area (Å²) >= 11 is 15.9. The number of benzene rings is 2. The summed E-state index contributed by atoms with van der Waals surface area (Å²) < 4.78 is 1.06. The summed E-state index contributed by atoms with van der Waals surface area (Å²) in [7, 11) is 0. The van der Waals surface area contributed by atoms with Crippen LogP contribution in [-0.4, -0.2) is 0 Å². The summed E-state index contributed by atoms with van der Waals surface area (Å²) in [6.07, 6.45) is 0.792. The van der Waals surface area contributed by atoms with Crippen LogP contribution in [0.25, 0.3) is 0 Å². The Labute approximate surface area is 126 Å². The maximum absolute atomic E-state index is 6.49. The van der Waals surface area contributed by atoms with Gasteiger partial charge in [0.1, 0.15) is 0 Å². The minimum absolute atomic E-state index is 0.0412. The quantitative estimate of drug-likeness (QED) is 0.605. The highest BCUT2D eigenvalue weighted by Gasteiger charge is 2.12. The molecular formula is C15H13BrCl2. The van der Waals surface area contributed by atoms with Gasteiger partial charge in [-0.25, -0.2) is 0 Å². The zero-order valence-electron chi connectivity index (χ0n) is 9.96. The average Bonchev–Trinajstić information content (AvgIpc) is 2.35. The van der Waals surface area contributed by atoms with Gasteiger partial charge in [-0.15, -0.1) is 11.6 Å². The fourth-order valence-electron chi connectivity index (χ4n) is 1.84. The van der Waals surface area contributed by atoms with Crippen LogP contribution in [0.15, 0.2) is 46.9 Å². The summed E-state index contributed by atoms with van der Waals surface area (Å²) in [5.41, 5.74) is 3.54. The summed E-state index contributed by atoms with van der Waals surface area (Å²) in [6.45, 7) is 2.07. The monoisotopic (exact) mass is 342 g/mol. The predicted octanol–water partition coefficient (Wildman–Crippen LogP) is 5.93. The first kappa shape index (κ1) is 13.9. The molecule has 0 aromatic heterocycles. The van der Waals surface area contributed by atoms with E-state index in [0.29, 0.717) is 0 Å². The molecule has 0 spiro atoms. The molecule has 0 aliphatic heterocycles. The van der Waals surface area contributed by atoms with Crippen LogP contribution in [0.3, 0.4) is 0 Å². The zero-order valence-corrected chi connectivity index (χ0v) is 13.1. The molecule has 3 heteroatoms. The number of halogens is 3. The maximum atomic E-state index is 6.49. The minimum Gasteiger partial charge on any atom is -0.117 e. The molecule has 0 fully saturated rings. The van der Waals surface area contributed by atoms with E-state index in [1.165, 1.54) is 11.1 Å². The van der Waals surface area contributed by atoms with E-state index < -0.39 is 0 Å². The molecule has 0 aliphatic rings. The Bertz CT molecular complexity index is 535. The molecule has 0 bridgehead atoms. The van der Waals surface area contributed by atoms with E-state index in [2.05, 4.69) is 35.0 Å². The summed E-state index contributed by atoms with van der Waals surface area (Å²) in [5, 5.41) is 0.710. The van der Waals surface area contributed by atoms with Gasteiger partial charge in [-0.05, 0) is 42.7 Å². The van der Waals surface area contributed by atoms with Crippen molar-refractivity contribution in [3.05, 3.63) is 68.7 Å². The molecule has 0 heterocycles. The van der Waals surface area contributed by atoms with E-state index in [1.54, 1.807) is 0 Å². The van der Waals surface area contributed by atoms with E-state index >= 15 is 0 Å². The Kier molecular flexibility index (Phi) is 4.71. The fourth-order valence-corrected chi connectivity index (χ4v) is 2.98. The smallest absolute Gasteiger partial charge is 0.0636 e. The Balaban J connectivity index is 2.18. The Hall–Kier alpha value is -0.500. The molecule has 0 N–H and O–H groups in total. The van der Waals surface area contributed by atoms with Gasteiger partial charge in [0.15, 0.2) is 0 Å². The van der Waals surface area contributed by atoms with E-state index in [1.807, 2.05) is 30.3 Å². The van der Waals surface area contributed by atoms with Crippen molar-refractivity contribution in [1.29, 1.82) is 0 Å². The number of hydrogen-bond acceptors (Lipinski definition) is 0. The molecule has 0 saturated carbocycles. The Morgan fingerprint density at radius 3 is 2.44 bits per heavy atom. The highest BCUT2D eigenvalue weighted by Crippen LogP contribution is 2.31. The van der Waals surface area contributed by atoms with Crippen molar-refractivity contribution in [3.63, 3.8) is 0 Å². The molecule has 0 amide bonds. The lowest BCUT2D eigenvalue weighted by molar-refractivity contribution is 0.912. The van der Waals surface area contributed by atoms with Crippen LogP contribution in [0.4, 0.5) is 0 Å². The second-order valence-corrected chi connectivity index (χ2v) is 6.14. The van der Waals surface area contributed by atoms with Gasteiger partial charge in [-0.2, -0.15) is 0 Å². The van der Waals surface area contributed by atoms with Gasteiger partial charge in [-0.1, -0.05) is 57.4 Å². The molecular weight excluding hydrogens is 331 g/mol. The van der Waals surface area contributed by atoms with Crippen molar-refractivity contribution in [1.82, 2.24) is 0 Å². The van der Waals surface area contributed by atoms with E-state index in [0.717, 1.165) is 21.5 Å². The molecule has 1 atom stereocenters. The van der Waals surface area contributed by atoms with Gasteiger partial charge in [0.05, 0.1) is 5.38 Å². The van der Waals surface area contributed by atoms with Gasteiger partial charge in [0.25, 0.3) is 0 Å². The molecule has 2 aromatic rings. The third-order valence-electron chi connectivity index (χ3n) is 2.82. The van der Waals surface area contributed by atoms with Crippen molar-refractivity contribution in [3.8, 4) is 0 Å². The van der Waals surface area contributed by atoms with E-state index in [4.69, 9.17) is 23.2 Å². The first-order valence-electron chi connectivity index (χ1n) is 5.71. The Morgan fingerprint density at radius 2 is 1.78 bits per heavy atom. The molecule has 0 radical (unpaired) electrons. The summed E-state index contributed by atoms with van der Waals surface area (Å²) in [5.74, 6) is 0. The molecule has 18 heavy (non-hydrogen) atoms. The first-order chi connectivity index (χ1) is 8.56. The van der Waals surface area contributed by atoms with Crippen molar-refractivity contribution in [2.45, 2.75) is 18.7 Å². The molecule has 2 aromatic carbocycles. The number of hydrogen-bond donors (Lipinski definition) is 0. The van der Waals surface area contributed by atoms with Crippen LogP contribution in [0.2, 0.25) is 5.02 Å². The normalized spacial score (nSPS) is 12.4. The van der Waals surface area contributed by atoms with E-state index in [9.17, 15) is 0 Å². The lowest BCUT2D eigenvalue weighted by atomic mass is 10.0. The van der Waals surface area contributed by atoms with Crippen LogP contribution in [0, 0.1) is 6.92 Å². The van der Waals surface area contributed by atoms with Gasteiger partial charge in [0, 0.05) is 9.50 Å². The lowest BCUT2D eigenvalue weighted by Crippen LogP contribution is -1.97. The molecule has 0 aliphatic carbocycles. The third-order valence-corrected chi connectivity index (χ3v) is 4.18. The highest BCUT2D eigenvalue weighted by molar-refractivity contribution is 9.10. The second-order valence-electron chi connectivity index (χ2n) is 4.32. The van der Waals surface area contributed by atoms with Crippen LogP contribution in [0.1, 0.15) is 22.1 Å². The van der Waals surface area contributed by atoms with Crippen molar-refractivity contribution >= 4 is 39.1 Å². The predicted molar refractivity (Wildman–Crippen MR) is 82.6 cm³/mol. The van der Waals surface area contributed by atoms with Gasteiger partial charge in [0.2, 0.25) is 0 Å². The summed E-state index contributed by atoms with van der Waals surface area (Å²) in [6, 6.07) is 14.1. The summed E-state index contributed by atoms with van der Waals surface area (Å²) in [4.78, 5) is 0. The number of aryl methyl sites for hydroxylation is 1. The topological polar surface area (TPSA) is 0 Å². The van der Waals surface area contributed by atoms with E-state index in [-0.39, 0.29) is 5.38 Å². The molecule has 0 saturated heterocycles. The molecule has 2 rings (SSSR count). The van der Waals surface area contributed by atoms with Crippen molar-refractivity contribution < 1.29 is 0 Å². The molecule has 94 valence electrons. The van der Waals surface area contributed by atoms with Crippen LogP contribution >= 0.6 is 39.1 Å². The average molecular weight is 344 g/mol. The zero-order chi connectivity index (χ0) is 13.1. The van der Waals surface area contributed by atoms with Crippen LogP contribution < -0.4 is 0 Å².